The number of benzene rings is 2. The minimum absolute atomic E-state index is 0.0727. The normalized spacial score (nSPS) is 25.8. The van der Waals surface area contributed by atoms with Gasteiger partial charge in [0.2, 0.25) is 6.29 Å². The number of hydrogen-bond acceptors (Lipinski definition) is 8. The van der Waals surface area contributed by atoms with Crippen molar-refractivity contribution >= 4 is 23.3 Å². The summed E-state index contributed by atoms with van der Waals surface area (Å²) in [5.74, 6) is -2.47. The van der Waals surface area contributed by atoms with Gasteiger partial charge in [0.15, 0.2) is 6.10 Å². The van der Waals surface area contributed by atoms with Crippen LogP contribution in [0.1, 0.15) is 36.7 Å². The Balaban J connectivity index is 1.81. The number of para-hydroxylation sites is 1. The molecule has 0 saturated carbocycles. The third kappa shape index (κ3) is 5.08. The summed E-state index contributed by atoms with van der Waals surface area (Å²) in [6, 6.07) is 14.2. The molecule has 0 unspecified atom stereocenters. The lowest BCUT2D eigenvalue weighted by molar-refractivity contribution is -0.278. The molecule has 2 aromatic carbocycles. The number of carbonyl (C=O) groups is 2. The van der Waals surface area contributed by atoms with Crippen molar-refractivity contribution < 1.29 is 39.5 Å². The first-order chi connectivity index (χ1) is 15.0. The molecule has 0 aromatic heterocycles. The minimum Gasteiger partial charge on any atom is -0.479 e. The van der Waals surface area contributed by atoms with Crippen LogP contribution in [0.15, 0.2) is 48.5 Å². The van der Waals surface area contributed by atoms with Crippen molar-refractivity contribution in [3.05, 3.63) is 59.7 Å². The fraction of sp³-hybridized carbons (Fsp3) is 0.391. The molecule has 1 saturated heterocycles. The average molecular weight is 445 g/mol. The maximum atomic E-state index is 12.8. The Morgan fingerprint density at radius 1 is 0.969 bits per heavy atom. The van der Waals surface area contributed by atoms with Crippen LogP contribution in [0.4, 0.5) is 11.4 Å². The van der Waals surface area contributed by atoms with Crippen LogP contribution in [0.3, 0.4) is 0 Å². The van der Waals surface area contributed by atoms with E-state index in [0.29, 0.717) is 5.69 Å². The number of aliphatic carboxylic acids is 1. The Bertz CT molecular complexity index is 986. The lowest BCUT2D eigenvalue weighted by Gasteiger charge is -2.38. The number of hydrogen-bond donors (Lipinski definition) is 5. The molecule has 5 atom stereocenters. The Morgan fingerprint density at radius 2 is 1.66 bits per heavy atom. The van der Waals surface area contributed by atoms with Gasteiger partial charge in [-0.1, -0.05) is 45.0 Å². The maximum absolute atomic E-state index is 12.8. The van der Waals surface area contributed by atoms with Gasteiger partial charge in [0.05, 0.1) is 11.3 Å². The topological polar surface area (TPSA) is 146 Å². The van der Waals surface area contributed by atoms with Gasteiger partial charge in [-0.3, -0.25) is 0 Å². The minimum atomic E-state index is -1.87. The van der Waals surface area contributed by atoms with Crippen LogP contribution in [0.5, 0.6) is 0 Å². The first-order valence-corrected chi connectivity index (χ1v) is 10.1. The summed E-state index contributed by atoms with van der Waals surface area (Å²) in [6.07, 6.45) is -9.20. The number of esters is 1. The molecule has 3 rings (SSSR count). The Kier molecular flexibility index (Phi) is 6.85. The predicted molar refractivity (Wildman–Crippen MR) is 115 cm³/mol. The number of aliphatic hydroxyl groups excluding tert-OH is 3. The maximum Gasteiger partial charge on any atom is 0.342 e. The zero-order chi connectivity index (χ0) is 23.6. The van der Waals surface area contributed by atoms with E-state index in [1.165, 1.54) is 6.07 Å². The number of carboxylic acids is 1. The zero-order valence-electron chi connectivity index (χ0n) is 17.9. The van der Waals surface area contributed by atoms with E-state index in [1.807, 2.05) is 24.3 Å². The van der Waals surface area contributed by atoms with Crippen LogP contribution >= 0.6 is 0 Å². The van der Waals surface area contributed by atoms with E-state index in [2.05, 4.69) is 26.1 Å². The summed E-state index contributed by atoms with van der Waals surface area (Å²) in [5, 5.41) is 42.1. The van der Waals surface area contributed by atoms with Crippen LogP contribution < -0.4 is 5.32 Å². The van der Waals surface area contributed by atoms with Crippen LogP contribution in [-0.2, 0) is 19.7 Å². The van der Waals surface area contributed by atoms with Crippen molar-refractivity contribution in [1.82, 2.24) is 0 Å². The van der Waals surface area contributed by atoms with E-state index >= 15 is 0 Å². The van der Waals surface area contributed by atoms with Crippen LogP contribution in [0.25, 0.3) is 0 Å². The van der Waals surface area contributed by atoms with Crippen molar-refractivity contribution in [2.24, 2.45) is 0 Å². The number of carboxylic acid groups (broad SMARTS) is 1. The van der Waals surface area contributed by atoms with E-state index < -0.39 is 42.6 Å². The molecule has 1 aliphatic rings. The third-order valence-corrected chi connectivity index (χ3v) is 5.19. The van der Waals surface area contributed by atoms with Crippen molar-refractivity contribution in [3.63, 3.8) is 0 Å². The van der Waals surface area contributed by atoms with Gasteiger partial charge in [-0.05, 0) is 35.2 Å². The quantitative estimate of drug-likeness (QED) is 0.435. The van der Waals surface area contributed by atoms with Crippen molar-refractivity contribution in [3.8, 4) is 0 Å². The molecule has 172 valence electrons. The summed E-state index contributed by atoms with van der Waals surface area (Å²) in [4.78, 5) is 24.1. The molecule has 0 spiro atoms. The second-order valence-electron chi connectivity index (χ2n) is 8.64. The van der Waals surface area contributed by atoms with E-state index in [1.54, 1.807) is 18.2 Å². The van der Waals surface area contributed by atoms with E-state index in [-0.39, 0.29) is 11.0 Å². The Labute approximate surface area is 185 Å². The summed E-state index contributed by atoms with van der Waals surface area (Å²) in [7, 11) is 0. The van der Waals surface area contributed by atoms with Crippen LogP contribution in [-0.4, -0.2) is 63.1 Å². The van der Waals surface area contributed by atoms with Gasteiger partial charge in [-0.25, -0.2) is 9.59 Å². The van der Waals surface area contributed by atoms with Gasteiger partial charge < -0.3 is 35.2 Å². The molecule has 9 nitrogen and oxygen atoms in total. The van der Waals surface area contributed by atoms with Gasteiger partial charge in [-0.2, -0.15) is 0 Å². The van der Waals surface area contributed by atoms with Crippen molar-refractivity contribution in [2.45, 2.75) is 56.9 Å². The first-order valence-electron chi connectivity index (χ1n) is 10.1. The molecule has 0 bridgehead atoms. The molecular weight excluding hydrogens is 418 g/mol. The Morgan fingerprint density at radius 3 is 2.31 bits per heavy atom. The predicted octanol–water partition coefficient (Wildman–Crippen LogP) is 1.78. The fourth-order valence-corrected chi connectivity index (χ4v) is 3.31. The summed E-state index contributed by atoms with van der Waals surface area (Å²) >= 11 is 0. The molecule has 9 heteroatoms. The van der Waals surface area contributed by atoms with Gasteiger partial charge in [0, 0.05) is 5.69 Å². The van der Waals surface area contributed by atoms with Crippen LogP contribution in [0.2, 0.25) is 0 Å². The number of carbonyl (C=O) groups excluding carboxylic acids is 1. The molecule has 2 aromatic rings. The number of rotatable bonds is 5. The third-order valence-electron chi connectivity index (χ3n) is 5.19. The second kappa shape index (κ2) is 9.25. The van der Waals surface area contributed by atoms with E-state index in [4.69, 9.17) is 14.6 Å². The van der Waals surface area contributed by atoms with Gasteiger partial charge in [0.1, 0.15) is 18.3 Å². The standard InChI is InChI=1S/C23H27NO8/c1-23(2,3)12-7-6-8-13(11-12)24-15-10-5-4-9-14(15)21(30)32-22-18(27)16(25)17(26)19(31-22)20(28)29/h4-11,16-19,22,24-27H,1-3H3,(H,28,29)/t16-,17-,18+,19-,22-/m0/s1. The summed E-state index contributed by atoms with van der Waals surface area (Å²) in [6.45, 7) is 6.26. The Hall–Kier alpha value is -2.98. The molecule has 0 radical (unpaired) electrons. The summed E-state index contributed by atoms with van der Waals surface area (Å²) in [5.41, 5.74) is 2.29. The van der Waals surface area contributed by atoms with Crippen molar-refractivity contribution in [2.75, 3.05) is 5.32 Å². The highest BCUT2D eigenvalue weighted by molar-refractivity contribution is 5.96. The molecule has 1 aliphatic heterocycles. The molecule has 1 fully saturated rings. The molecular formula is C23H27NO8. The van der Waals surface area contributed by atoms with E-state index in [9.17, 15) is 24.9 Å². The zero-order valence-corrected chi connectivity index (χ0v) is 17.9. The monoisotopic (exact) mass is 445 g/mol. The van der Waals surface area contributed by atoms with Gasteiger partial charge in [-0.15, -0.1) is 0 Å². The number of aliphatic hydroxyl groups is 3. The SMILES string of the molecule is CC(C)(C)c1cccc(Nc2ccccc2C(=O)O[C@@H]2O[C@H](C(=O)O)[C@@H](O)[C@H](O)[C@H]2O)c1. The molecule has 0 amide bonds. The highest BCUT2D eigenvalue weighted by Gasteiger charge is 2.48. The van der Waals surface area contributed by atoms with Crippen LogP contribution in [0, 0.1) is 0 Å². The highest BCUT2D eigenvalue weighted by Crippen LogP contribution is 2.29. The fourth-order valence-electron chi connectivity index (χ4n) is 3.31. The highest BCUT2D eigenvalue weighted by atomic mass is 16.7. The summed E-state index contributed by atoms with van der Waals surface area (Å²) < 4.78 is 10.2. The van der Waals surface area contributed by atoms with E-state index in [0.717, 1.165) is 11.3 Å². The molecule has 0 aliphatic carbocycles. The largest absolute Gasteiger partial charge is 0.479 e. The molecule has 1 heterocycles. The lowest BCUT2D eigenvalue weighted by atomic mass is 9.87. The smallest absolute Gasteiger partial charge is 0.342 e. The lowest BCUT2D eigenvalue weighted by Crippen LogP contribution is -2.60. The molecule has 5 N–H and O–H groups in total. The van der Waals surface area contributed by atoms with Gasteiger partial charge >= 0.3 is 11.9 Å². The number of ether oxygens (including phenoxy) is 2. The second-order valence-corrected chi connectivity index (χ2v) is 8.64. The van der Waals surface area contributed by atoms with Gasteiger partial charge in [0.25, 0.3) is 0 Å². The van der Waals surface area contributed by atoms with Crippen molar-refractivity contribution in [1.29, 1.82) is 0 Å². The number of anilines is 2. The average Bonchev–Trinajstić information content (AvgIpc) is 2.73. The molecule has 32 heavy (non-hydrogen) atoms. The number of nitrogens with one attached hydrogen (secondary N) is 1. The first kappa shape index (κ1) is 23.7.